The lowest BCUT2D eigenvalue weighted by Gasteiger charge is -2.34. The van der Waals surface area contributed by atoms with E-state index in [1.807, 2.05) is 4.90 Å². The van der Waals surface area contributed by atoms with Crippen LogP contribution in [0.5, 0.6) is 0 Å². The zero-order valence-corrected chi connectivity index (χ0v) is 15.5. The Kier molecular flexibility index (Phi) is 4.96. The van der Waals surface area contributed by atoms with E-state index in [1.165, 1.54) is 12.8 Å². The van der Waals surface area contributed by atoms with Crippen molar-refractivity contribution in [3.05, 3.63) is 39.4 Å². The largest absolute Gasteiger partial charge is 0.340 e. The molecular weight excluding hydrogens is 352 g/mol. The summed E-state index contributed by atoms with van der Waals surface area (Å²) in [5.41, 5.74) is 0.489. The number of carbonyl (C=O) groups is 1. The summed E-state index contributed by atoms with van der Waals surface area (Å²) in [7, 11) is 0. The van der Waals surface area contributed by atoms with Crippen molar-refractivity contribution in [1.82, 2.24) is 19.8 Å². The fraction of sp³-hybridized carbons (Fsp3) is 0.526. The minimum Gasteiger partial charge on any atom is -0.340 e. The average Bonchev–Trinajstić information content (AvgIpc) is 3.45. The predicted octanol–water partition coefficient (Wildman–Crippen LogP) is 2.41. The van der Waals surface area contributed by atoms with Crippen LogP contribution in [0.3, 0.4) is 0 Å². The van der Waals surface area contributed by atoms with E-state index in [4.69, 9.17) is 11.6 Å². The van der Waals surface area contributed by atoms with Crippen molar-refractivity contribution in [2.45, 2.75) is 32.2 Å². The number of hydrogen-bond acceptors (Lipinski definition) is 4. The zero-order valence-electron chi connectivity index (χ0n) is 14.7. The van der Waals surface area contributed by atoms with E-state index in [-0.39, 0.29) is 11.5 Å². The molecule has 138 valence electrons. The van der Waals surface area contributed by atoms with E-state index in [1.54, 1.807) is 18.2 Å². The van der Waals surface area contributed by atoms with Gasteiger partial charge in [-0.25, -0.2) is 4.98 Å². The maximum atomic E-state index is 12.3. The third-order valence-electron chi connectivity index (χ3n) is 5.28. The highest BCUT2D eigenvalue weighted by molar-refractivity contribution is 6.31. The van der Waals surface area contributed by atoms with Crippen LogP contribution in [0.4, 0.5) is 0 Å². The van der Waals surface area contributed by atoms with Gasteiger partial charge < -0.3 is 9.88 Å². The normalized spacial score (nSPS) is 18.4. The lowest BCUT2D eigenvalue weighted by atomic mass is 10.2. The Morgan fingerprint density at radius 1 is 1.23 bits per heavy atom. The van der Waals surface area contributed by atoms with E-state index >= 15 is 0 Å². The minimum absolute atomic E-state index is 0.165. The number of benzene rings is 1. The lowest BCUT2D eigenvalue weighted by molar-refractivity contribution is -0.133. The fourth-order valence-electron chi connectivity index (χ4n) is 3.49. The summed E-state index contributed by atoms with van der Waals surface area (Å²) >= 11 is 5.95. The molecule has 0 atom stereocenters. The molecule has 7 heteroatoms. The summed E-state index contributed by atoms with van der Waals surface area (Å²) in [6.07, 6.45) is 4.33. The molecule has 0 unspecified atom stereocenters. The molecule has 2 aromatic rings. The van der Waals surface area contributed by atoms with Gasteiger partial charge in [0.1, 0.15) is 5.82 Å². The number of nitrogens with zero attached hydrogens (tertiary/aromatic N) is 3. The summed E-state index contributed by atoms with van der Waals surface area (Å²) in [6.45, 7) is 3.68. The molecule has 1 saturated carbocycles. The second-order valence-electron chi connectivity index (χ2n) is 7.31. The third kappa shape index (κ3) is 4.07. The highest BCUT2D eigenvalue weighted by Gasteiger charge is 2.25. The van der Waals surface area contributed by atoms with Gasteiger partial charge in [-0.2, -0.15) is 0 Å². The maximum absolute atomic E-state index is 12.3. The van der Waals surface area contributed by atoms with Crippen LogP contribution in [-0.2, 0) is 11.3 Å². The molecule has 2 aliphatic rings. The number of rotatable bonds is 5. The van der Waals surface area contributed by atoms with E-state index in [0.29, 0.717) is 34.7 Å². The molecule has 1 saturated heterocycles. The first-order valence-corrected chi connectivity index (χ1v) is 9.65. The van der Waals surface area contributed by atoms with Crippen LogP contribution in [0.2, 0.25) is 5.02 Å². The molecule has 1 N–H and O–H groups in total. The van der Waals surface area contributed by atoms with Crippen LogP contribution in [0.15, 0.2) is 23.0 Å². The molecule has 26 heavy (non-hydrogen) atoms. The second kappa shape index (κ2) is 7.37. The standard InChI is InChI=1S/C19H23ClN4O2/c20-14-4-5-16-15(11-14)19(26)22-17(21-16)12-23-7-9-24(10-8-23)18(25)6-3-13-1-2-13/h4-5,11,13H,1-3,6-10,12H2,(H,21,22,26). The molecule has 0 radical (unpaired) electrons. The number of carbonyl (C=O) groups excluding carboxylic acids is 1. The topological polar surface area (TPSA) is 69.3 Å². The Morgan fingerprint density at radius 3 is 2.73 bits per heavy atom. The molecule has 2 heterocycles. The highest BCUT2D eigenvalue weighted by Crippen LogP contribution is 2.33. The van der Waals surface area contributed by atoms with Crippen LogP contribution in [0, 0.1) is 5.92 Å². The number of halogens is 1. The Labute approximate surface area is 157 Å². The van der Waals surface area contributed by atoms with Crippen molar-refractivity contribution < 1.29 is 4.79 Å². The molecule has 1 aromatic carbocycles. The number of piperazine rings is 1. The minimum atomic E-state index is -0.165. The SMILES string of the molecule is O=C(CCC1CC1)N1CCN(Cc2nc3ccc(Cl)cc3c(=O)[nH]2)CC1. The Balaban J connectivity index is 1.35. The summed E-state index contributed by atoms with van der Waals surface area (Å²) in [5, 5.41) is 1.03. The Morgan fingerprint density at radius 2 is 2.00 bits per heavy atom. The smallest absolute Gasteiger partial charge is 0.258 e. The molecule has 6 nitrogen and oxygen atoms in total. The van der Waals surface area contributed by atoms with Gasteiger partial charge in [0.05, 0.1) is 17.4 Å². The van der Waals surface area contributed by atoms with Crippen LogP contribution >= 0.6 is 11.6 Å². The van der Waals surface area contributed by atoms with E-state index < -0.39 is 0 Å². The van der Waals surface area contributed by atoms with Crippen molar-refractivity contribution >= 4 is 28.4 Å². The first-order valence-electron chi connectivity index (χ1n) is 9.27. The summed E-state index contributed by atoms with van der Waals surface area (Å²) in [4.78, 5) is 36.1. The van der Waals surface area contributed by atoms with Crippen molar-refractivity contribution in [1.29, 1.82) is 0 Å². The zero-order chi connectivity index (χ0) is 18.1. The fourth-order valence-corrected chi connectivity index (χ4v) is 3.67. The second-order valence-corrected chi connectivity index (χ2v) is 7.75. The van der Waals surface area contributed by atoms with Crippen molar-refractivity contribution in [3.63, 3.8) is 0 Å². The van der Waals surface area contributed by atoms with Gasteiger partial charge in [0, 0.05) is 37.6 Å². The van der Waals surface area contributed by atoms with Crippen LogP contribution in [0.25, 0.3) is 10.9 Å². The monoisotopic (exact) mass is 374 g/mol. The molecule has 1 aliphatic heterocycles. The van der Waals surface area contributed by atoms with Crippen molar-refractivity contribution in [3.8, 4) is 0 Å². The molecule has 1 aliphatic carbocycles. The number of hydrogen-bond donors (Lipinski definition) is 1. The number of aromatic amines is 1. The Bertz CT molecular complexity index is 869. The van der Waals surface area contributed by atoms with Crippen LogP contribution < -0.4 is 5.56 Å². The van der Waals surface area contributed by atoms with E-state index in [0.717, 1.165) is 38.5 Å². The van der Waals surface area contributed by atoms with E-state index in [9.17, 15) is 9.59 Å². The van der Waals surface area contributed by atoms with Gasteiger partial charge in [-0.05, 0) is 30.5 Å². The Hall–Kier alpha value is -1.92. The first kappa shape index (κ1) is 17.5. The number of amides is 1. The molecule has 1 amide bonds. The number of H-pyrrole nitrogens is 1. The van der Waals surface area contributed by atoms with Gasteiger partial charge in [0.15, 0.2) is 0 Å². The molecule has 1 aromatic heterocycles. The molecule has 2 fully saturated rings. The van der Waals surface area contributed by atoms with Gasteiger partial charge in [-0.15, -0.1) is 0 Å². The van der Waals surface area contributed by atoms with Crippen LogP contribution in [-0.4, -0.2) is 51.9 Å². The van der Waals surface area contributed by atoms with Gasteiger partial charge in [0.25, 0.3) is 5.56 Å². The van der Waals surface area contributed by atoms with Gasteiger partial charge in [-0.3, -0.25) is 14.5 Å². The predicted molar refractivity (Wildman–Crippen MR) is 101 cm³/mol. The summed E-state index contributed by atoms with van der Waals surface area (Å²) in [6, 6.07) is 5.15. The van der Waals surface area contributed by atoms with Gasteiger partial charge in [-0.1, -0.05) is 24.4 Å². The quantitative estimate of drug-likeness (QED) is 0.872. The molecular formula is C19H23ClN4O2. The molecule has 4 rings (SSSR count). The molecule has 0 spiro atoms. The van der Waals surface area contributed by atoms with Crippen LogP contribution in [0.1, 0.15) is 31.5 Å². The van der Waals surface area contributed by atoms with Crippen molar-refractivity contribution in [2.24, 2.45) is 5.92 Å². The summed E-state index contributed by atoms with van der Waals surface area (Å²) < 4.78 is 0. The van der Waals surface area contributed by atoms with Crippen molar-refractivity contribution in [2.75, 3.05) is 26.2 Å². The number of nitrogens with one attached hydrogen (secondary N) is 1. The number of aromatic nitrogens is 2. The summed E-state index contributed by atoms with van der Waals surface area (Å²) in [5.74, 6) is 1.73. The molecule has 0 bridgehead atoms. The van der Waals surface area contributed by atoms with Gasteiger partial charge >= 0.3 is 0 Å². The lowest BCUT2D eigenvalue weighted by Crippen LogP contribution is -2.48. The average molecular weight is 375 g/mol. The third-order valence-corrected chi connectivity index (χ3v) is 5.51. The first-order chi connectivity index (χ1) is 12.6. The van der Waals surface area contributed by atoms with Gasteiger partial charge in [0.2, 0.25) is 5.91 Å². The van der Waals surface area contributed by atoms with E-state index in [2.05, 4.69) is 14.9 Å². The maximum Gasteiger partial charge on any atom is 0.258 e. The number of fused-ring (bicyclic) bond motifs is 1. The highest BCUT2D eigenvalue weighted by atomic mass is 35.5.